The molecule has 8 nitrogen and oxygen atoms in total. The van der Waals surface area contributed by atoms with Crippen molar-refractivity contribution in [3.63, 3.8) is 0 Å². The fraction of sp³-hybridized carbons (Fsp3) is 0.208. The van der Waals surface area contributed by atoms with Crippen LogP contribution in [0.3, 0.4) is 0 Å². The van der Waals surface area contributed by atoms with Crippen LogP contribution < -0.4 is 25.8 Å². The molecule has 0 atom stereocenters. The lowest BCUT2D eigenvalue weighted by Gasteiger charge is -2.36. The average Bonchev–Trinajstić information content (AvgIpc) is 2.85. The number of alkyl halides is 3. The zero-order valence-electron chi connectivity index (χ0n) is 19.6. The molecule has 0 saturated carbocycles. The second-order valence-electron chi connectivity index (χ2n) is 8.00. The number of halogens is 5. The van der Waals surface area contributed by atoms with Crippen LogP contribution in [-0.4, -0.2) is 30.6 Å². The van der Waals surface area contributed by atoms with Gasteiger partial charge in [-0.2, -0.15) is 13.2 Å². The van der Waals surface area contributed by atoms with E-state index in [2.05, 4.69) is 15.6 Å². The first-order valence-electron chi connectivity index (χ1n) is 11.0. The van der Waals surface area contributed by atoms with E-state index < -0.39 is 41.1 Å². The normalized spacial score (nSPS) is 13.3. The van der Waals surface area contributed by atoms with Crippen LogP contribution in [0.4, 0.5) is 60.1 Å². The Morgan fingerprint density at radius 1 is 1.03 bits per heavy atom. The third-order valence-electron chi connectivity index (χ3n) is 5.67. The maximum absolute atomic E-state index is 14.5. The van der Waals surface area contributed by atoms with Crippen molar-refractivity contribution < 1.29 is 31.5 Å². The van der Waals surface area contributed by atoms with E-state index in [1.807, 2.05) is 5.32 Å². The summed E-state index contributed by atoms with van der Waals surface area (Å²) in [5.74, 6) is -1.40. The third-order valence-corrected chi connectivity index (χ3v) is 5.67. The molecule has 13 heteroatoms. The average molecular weight is 520 g/mol. The highest BCUT2D eigenvalue weighted by atomic mass is 19.4. The SMILES string of the molecule is CCN1C(=O)N(c2ccc(F)c(NC(=O)Nc3cc(C(F)(F)F)ccc3F)c2)Cc2cnc(NC)cc21. The summed E-state index contributed by atoms with van der Waals surface area (Å²) in [6.45, 7) is 2.25. The van der Waals surface area contributed by atoms with Crippen LogP contribution in [0.15, 0.2) is 48.7 Å². The molecule has 2 aromatic carbocycles. The summed E-state index contributed by atoms with van der Waals surface area (Å²) in [7, 11) is 1.70. The number of fused-ring (bicyclic) bond motifs is 1. The molecule has 2 heterocycles. The van der Waals surface area contributed by atoms with Gasteiger partial charge in [-0.15, -0.1) is 0 Å². The molecule has 194 valence electrons. The summed E-state index contributed by atoms with van der Waals surface area (Å²) in [5.41, 5.74) is -0.624. The molecule has 0 spiro atoms. The Morgan fingerprint density at radius 2 is 1.68 bits per heavy atom. The number of amides is 4. The fourth-order valence-electron chi connectivity index (χ4n) is 3.83. The van der Waals surface area contributed by atoms with Crippen molar-refractivity contribution in [2.45, 2.75) is 19.6 Å². The lowest BCUT2D eigenvalue weighted by Crippen LogP contribution is -2.47. The molecule has 4 rings (SSSR count). The molecule has 1 aliphatic rings. The first-order valence-corrected chi connectivity index (χ1v) is 11.0. The van der Waals surface area contributed by atoms with Crippen LogP contribution in [0.1, 0.15) is 18.1 Å². The van der Waals surface area contributed by atoms with Crippen molar-refractivity contribution in [3.05, 3.63) is 71.4 Å². The lowest BCUT2D eigenvalue weighted by atomic mass is 10.1. The number of aromatic nitrogens is 1. The van der Waals surface area contributed by atoms with Crippen molar-refractivity contribution >= 4 is 40.6 Å². The second kappa shape index (κ2) is 9.91. The summed E-state index contributed by atoms with van der Waals surface area (Å²) in [4.78, 5) is 32.7. The van der Waals surface area contributed by atoms with Crippen LogP contribution >= 0.6 is 0 Å². The van der Waals surface area contributed by atoms with Crippen LogP contribution in [0.2, 0.25) is 0 Å². The van der Waals surface area contributed by atoms with Gasteiger partial charge in [0, 0.05) is 37.1 Å². The molecular weight excluding hydrogens is 499 g/mol. The summed E-state index contributed by atoms with van der Waals surface area (Å²) < 4.78 is 67.3. The molecule has 0 aliphatic carbocycles. The molecule has 1 aliphatic heterocycles. The summed E-state index contributed by atoms with van der Waals surface area (Å²) in [6, 6.07) is 5.26. The Hall–Kier alpha value is -4.42. The second-order valence-corrected chi connectivity index (χ2v) is 8.00. The van der Waals surface area contributed by atoms with Crippen LogP contribution in [0.5, 0.6) is 0 Å². The minimum absolute atomic E-state index is 0.119. The quantitative estimate of drug-likeness (QED) is 0.359. The Bertz CT molecular complexity index is 1360. The van der Waals surface area contributed by atoms with E-state index >= 15 is 0 Å². The predicted octanol–water partition coefficient (Wildman–Crippen LogP) is 6.03. The number of pyridine rings is 1. The largest absolute Gasteiger partial charge is 0.416 e. The molecule has 4 amide bonds. The number of nitrogens with one attached hydrogen (secondary N) is 3. The molecule has 0 unspecified atom stereocenters. The van der Waals surface area contributed by atoms with Gasteiger partial charge < -0.3 is 16.0 Å². The van der Waals surface area contributed by atoms with Gasteiger partial charge in [-0.1, -0.05) is 0 Å². The summed E-state index contributed by atoms with van der Waals surface area (Å²) >= 11 is 0. The molecule has 0 fully saturated rings. The van der Waals surface area contributed by atoms with Gasteiger partial charge in [0.2, 0.25) is 0 Å². The number of hydrogen-bond donors (Lipinski definition) is 3. The zero-order chi connectivity index (χ0) is 26.9. The van der Waals surface area contributed by atoms with Crippen molar-refractivity contribution in [1.29, 1.82) is 0 Å². The minimum atomic E-state index is -4.75. The molecule has 0 bridgehead atoms. The van der Waals surface area contributed by atoms with E-state index in [4.69, 9.17) is 0 Å². The monoisotopic (exact) mass is 520 g/mol. The highest BCUT2D eigenvalue weighted by molar-refractivity contribution is 6.07. The van der Waals surface area contributed by atoms with Crippen molar-refractivity contribution in [3.8, 4) is 0 Å². The maximum Gasteiger partial charge on any atom is 0.416 e. The van der Waals surface area contributed by atoms with E-state index in [0.29, 0.717) is 36.2 Å². The van der Waals surface area contributed by atoms with E-state index in [-0.39, 0.29) is 17.9 Å². The molecule has 3 aromatic rings. The zero-order valence-corrected chi connectivity index (χ0v) is 19.6. The Morgan fingerprint density at radius 3 is 2.30 bits per heavy atom. The third kappa shape index (κ3) is 5.25. The van der Waals surface area contributed by atoms with E-state index in [1.165, 1.54) is 21.9 Å². The highest BCUT2D eigenvalue weighted by Crippen LogP contribution is 2.35. The van der Waals surface area contributed by atoms with Gasteiger partial charge in [0.25, 0.3) is 0 Å². The molecule has 0 saturated heterocycles. The number of carbonyl (C=O) groups is 2. The number of urea groups is 2. The maximum atomic E-state index is 14.5. The smallest absolute Gasteiger partial charge is 0.373 e. The van der Waals surface area contributed by atoms with Crippen molar-refractivity contribution in [1.82, 2.24) is 4.98 Å². The first kappa shape index (κ1) is 25.7. The van der Waals surface area contributed by atoms with Crippen molar-refractivity contribution in [2.24, 2.45) is 0 Å². The van der Waals surface area contributed by atoms with Gasteiger partial charge in [-0.3, -0.25) is 9.80 Å². The van der Waals surface area contributed by atoms with E-state index in [1.54, 1.807) is 26.2 Å². The van der Waals surface area contributed by atoms with Gasteiger partial charge in [0.05, 0.1) is 29.2 Å². The Labute approximate surface area is 208 Å². The number of hydrogen-bond acceptors (Lipinski definition) is 4. The van der Waals surface area contributed by atoms with Gasteiger partial charge in [-0.05, 0) is 43.3 Å². The van der Waals surface area contributed by atoms with E-state index in [9.17, 15) is 31.5 Å². The van der Waals surface area contributed by atoms with Gasteiger partial charge in [0.15, 0.2) is 0 Å². The standard InChI is InChI=1S/C24H21F5N6O2/c1-3-34-20-10-21(30-2)31-11-13(20)12-35(23(34)37)15-5-7-17(26)19(9-15)33-22(36)32-18-8-14(24(27,28)29)4-6-16(18)25/h4-11H,3,12H2,1-2H3,(H,30,31)(H2,32,33,36). The highest BCUT2D eigenvalue weighted by Gasteiger charge is 2.32. The molecule has 1 aromatic heterocycles. The van der Waals surface area contributed by atoms with Crippen molar-refractivity contribution in [2.75, 3.05) is 39.3 Å². The van der Waals surface area contributed by atoms with Crippen LogP contribution in [-0.2, 0) is 12.7 Å². The summed E-state index contributed by atoms with van der Waals surface area (Å²) in [5, 5.41) is 7.02. The molecule has 3 N–H and O–H groups in total. The summed E-state index contributed by atoms with van der Waals surface area (Å²) in [6.07, 6.45) is -3.14. The molecule has 0 radical (unpaired) electrons. The lowest BCUT2D eigenvalue weighted by molar-refractivity contribution is -0.137. The number of anilines is 5. The molecular formula is C24H21F5N6O2. The molecule has 37 heavy (non-hydrogen) atoms. The van der Waals surface area contributed by atoms with Gasteiger partial charge in [0.1, 0.15) is 17.5 Å². The predicted molar refractivity (Wildman–Crippen MR) is 129 cm³/mol. The van der Waals surface area contributed by atoms with Gasteiger partial charge >= 0.3 is 18.2 Å². The number of rotatable bonds is 5. The number of carbonyl (C=O) groups excluding carboxylic acids is 2. The number of benzene rings is 2. The van der Waals surface area contributed by atoms with Gasteiger partial charge in [-0.25, -0.2) is 23.4 Å². The van der Waals surface area contributed by atoms with Crippen LogP contribution in [0, 0.1) is 11.6 Å². The minimum Gasteiger partial charge on any atom is -0.373 e. The first-order chi connectivity index (χ1) is 17.5. The Kier molecular flexibility index (Phi) is 6.88. The fourth-order valence-corrected chi connectivity index (χ4v) is 3.83. The van der Waals surface area contributed by atoms with Crippen LogP contribution in [0.25, 0.3) is 0 Å². The van der Waals surface area contributed by atoms with E-state index in [0.717, 1.165) is 11.6 Å². The topological polar surface area (TPSA) is 89.6 Å². The Balaban J connectivity index is 1.58. The number of nitrogens with zero attached hydrogens (tertiary/aromatic N) is 3.